The average molecular weight is 425 g/mol. The molecule has 1 saturated heterocycles. The van der Waals surface area contributed by atoms with Gasteiger partial charge in [-0.1, -0.05) is 11.6 Å². The smallest absolute Gasteiger partial charge is 0.0737 e. The number of rotatable bonds is 5. The molecule has 5 nitrogen and oxygen atoms in total. The fraction of sp³-hybridized carbons (Fsp3) is 0.375. The summed E-state index contributed by atoms with van der Waals surface area (Å²) in [7, 11) is 0. The summed E-state index contributed by atoms with van der Waals surface area (Å²) in [5, 5.41) is 8.96. The maximum Gasteiger partial charge on any atom is 0.0737 e. The monoisotopic (exact) mass is 424 g/mol. The van der Waals surface area contributed by atoms with Gasteiger partial charge in [0.1, 0.15) is 0 Å². The Hall–Kier alpha value is -2.34. The summed E-state index contributed by atoms with van der Waals surface area (Å²) in [6.07, 6.45) is 1.81. The number of halogens is 1. The van der Waals surface area contributed by atoms with Crippen LogP contribution in [0.1, 0.15) is 26.3 Å². The van der Waals surface area contributed by atoms with Crippen LogP contribution in [0, 0.1) is 0 Å². The average Bonchev–Trinajstić information content (AvgIpc) is 2.72. The lowest BCUT2D eigenvalue weighted by molar-refractivity contribution is 0.122. The number of aromatic nitrogens is 1. The second-order valence-electron chi connectivity index (χ2n) is 8.69. The van der Waals surface area contributed by atoms with Crippen LogP contribution >= 0.6 is 11.6 Å². The predicted molar refractivity (Wildman–Crippen MR) is 126 cm³/mol. The van der Waals surface area contributed by atoms with Crippen molar-refractivity contribution >= 4 is 39.6 Å². The highest BCUT2D eigenvalue weighted by Gasteiger charge is 2.17. The van der Waals surface area contributed by atoms with E-state index in [-0.39, 0.29) is 5.54 Å². The molecule has 0 aliphatic carbocycles. The van der Waals surface area contributed by atoms with Crippen LogP contribution in [0.5, 0.6) is 0 Å². The third kappa shape index (κ3) is 5.04. The molecule has 1 aliphatic rings. The van der Waals surface area contributed by atoms with Gasteiger partial charge in [0.25, 0.3) is 0 Å². The van der Waals surface area contributed by atoms with E-state index in [0.717, 1.165) is 55.1 Å². The number of morpholine rings is 1. The number of anilines is 3. The first-order valence-corrected chi connectivity index (χ1v) is 10.8. The summed E-state index contributed by atoms with van der Waals surface area (Å²) in [4.78, 5) is 6.85. The highest BCUT2D eigenvalue weighted by molar-refractivity contribution is 6.31. The molecule has 1 aliphatic heterocycles. The fourth-order valence-electron chi connectivity index (χ4n) is 3.66. The van der Waals surface area contributed by atoms with E-state index < -0.39 is 0 Å². The van der Waals surface area contributed by atoms with Crippen LogP contribution in [0.2, 0.25) is 5.02 Å². The maximum atomic E-state index is 6.13. The molecule has 0 unspecified atom stereocenters. The standard InChI is InChI=1S/C24H29ClN4O/c1-24(2,3)27-16-17-14-19(5-7-23(17)29-10-12-30-13-11-29)28-21-8-9-26-22-15-18(25)4-6-20(21)22/h4-9,14-15,27H,10-13,16H2,1-3H3,(H,26,28). The number of benzene rings is 2. The molecule has 158 valence electrons. The van der Waals surface area contributed by atoms with Crippen LogP contribution in [0.15, 0.2) is 48.7 Å². The third-order valence-corrected chi connectivity index (χ3v) is 5.46. The normalized spacial score (nSPS) is 14.9. The Labute approximate surface area is 183 Å². The number of nitrogens with zero attached hydrogens (tertiary/aromatic N) is 2. The zero-order valence-electron chi connectivity index (χ0n) is 17.8. The van der Waals surface area contributed by atoms with Gasteiger partial charge < -0.3 is 20.3 Å². The van der Waals surface area contributed by atoms with Crippen molar-refractivity contribution in [3.05, 3.63) is 59.2 Å². The van der Waals surface area contributed by atoms with E-state index in [4.69, 9.17) is 16.3 Å². The number of pyridine rings is 1. The first kappa shape index (κ1) is 20.9. The van der Waals surface area contributed by atoms with Gasteiger partial charge in [-0.05, 0) is 68.8 Å². The quantitative estimate of drug-likeness (QED) is 0.577. The van der Waals surface area contributed by atoms with Crippen LogP contribution in [0.3, 0.4) is 0 Å². The molecular weight excluding hydrogens is 396 g/mol. The summed E-state index contributed by atoms with van der Waals surface area (Å²) in [6, 6.07) is 14.4. The van der Waals surface area contributed by atoms with Crippen molar-refractivity contribution in [2.45, 2.75) is 32.9 Å². The molecule has 6 heteroatoms. The highest BCUT2D eigenvalue weighted by Crippen LogP contribution is 2.30. The van der Waals surface area contributed by atoms with Crippen molar-refractivity contribution in [2.75, 3.05) is 36.5 Å². The summed E-state index contributed by atoms with van der Waals surface area (Å²) in [5.41, 5.74) is 5.55. The fourth-order valence-corrected chi connectivity index (χ4v) is 3.83. The molecule has 1 aromatic heterocycles. The largest absolute Gasteiger partial charge is 0.378 e. The van der Waals surface area contributed by atoms with Gasteiger partial charge >= 0.3 is 0 Å². The number of hydrogen-bond acceptors (Lipinski definition) is 5. The van der Waals surface area contributed by atoms with Crippen LogP contribution in [-0.4, -0.2) is 36.8 Å². The lowest BCUT2D eigenvalue weighted by Crippen LogP contribution is -2.38. The van der Waals surface area contributed by atoms with Gasteiger partial charge in [-0.25, -0.2) is 0 Å². The zero-order chi connectivity index (χ0) is 21.1. The number of ether oxygens (including phenoxy) is 1. The van der Waals surface area contributed by atoms with Crippen LogP contribution < -0.4 is 15.5 Å². The molecule has 3 aromatic rings. The lowest BCUT2D eigenvalue weighted by atomic mass is 10.1. The molecule has 4 rings (SSSR count). The van der Waals surface area contributed by atoms with Gasteiger partial charge in [-0.2, -0.15) is 0 Å². The molecule has 2 heterocycles. The minimum atomic E-state index is 0.0479. The molecule has 0 atom stereocenters. The summed E-state index contributed by atoms with van der Waals surface area (Å²) < 4.78 is 5.54. The van der Waals surface area contributed by atoms with Crippen LogP contribution in [0.4, 0.5) is 17.1 Å². The van der Waals surface area contributed by atoms with Crippen LogP contribution in [-0.2, 0) is 11.3 Å². The van der Waals surface area contributed by atoms with E-state index in [1.165, 1.54) is 11.3 Å². The minimum Gasteiger partial charge on any atom is -0.378 e. The summed E-state index contributed by atoms with van der Waals surface area (Å²) >= 11 is 6.13. The van der Waals surface area contributed by atoms with Gasteiger partial charge in [-0.15, -0.1) is 0 Å². The second kappa shape index (κ2) is 8.80. The molecule has 0 amide bonds. The van der Waals surface area contributed by atoms with Gasteiger partial charge in [0.2, 0.25) is 0 Å². The lowest BCUT2D eigenvalue weighted by Gasteiger charge is -2.32. The predicted octanol–water partition coefficient (Wildman–Crippen LogP) is 5.36. The first-order valence-electron chi connectivity index (χ1n) is 10.4. The third-order valence-electron chi connectivity index (χ3n) is 5.22. The topological polar surface area (TPSA) is 49.4 Å². The molecule has 1 fully saturated rings. The van der Waals surface area contributed by atoms with Crippen molar-refractivity contribution in [1.29, 1.82) is 0 Å². The Bertz CT molecular complexity index is 1030. The molecule has 2 N–H and O–H groups in total. The van der Waals surface area contributed by atoms with E-state index in [9.17, 15) is 0 Å². The Morgan fingerprint density at radius 3 is 2.63 bits per heavy atom. The Morgan fingerprint density at radius 2 is 1.87 bits per heavy atom. The van der Waals surface area contributed by atoms with Crippen molar-refractivity contribution in [1.82, 2.24) is 10.3 Å². The SMILES string of the molecule is CC(C)(C)NCc1cc(Nc2ccnc3cc(Cl)ccc23)ccc1N1CCOCC1. The zero-order valence-corrected chi connectivity index (χ0v) is 18.6. The Kier molecular flexibility index (Phi) is 6.14. The molecule has 0 radical (unpaired) electrons. The number of nitrogens with one attached hydrogen (secondary N) is 2. The van der Waals surface area contributed by atoms with E-state index in [1.54, 1.807) is 0 Å². The molecule has 0 spiro atoms. The highest BCUT2D eigenvalue weighted by atomic mass is 35.5. The van der Waals surface area contributed by atoms with Crippen LogP contribution in [0.25, 0.3) is 10.9 Å². The van der Waals surface area contributed by atoms with E-state index in [2.05, 4.69) is 59.5 Å². The Balaban J connectivity index is 1.65. The molecule has 30 heavy (non-hydrogen) atoms. The van der Waals surface area contributed by atoms with Gasteiger partial charge in [-0.3, -0.25) is 4.98 Å². The molecular formula is C24H29ClN4O. The van der Waals surface area contributed by atoms with Crippen molar-refractivity contribution in [2.24, 2.45) is 0 Å². The number of fused-ring (bicyclic) bond motifs is 1. The molecule has 0 bridgehead atoms. The van der Waals surface area contributed by atoms with Crippen molar-refractivity contribution in [3.63, 3.8) is 0 Å². The van der Waals surface area contributed by atoms with Crippen molar-refractivity contribution in [3.8, 4) is 0 Å². The minimum absolute atomic E-state index is 0.0479. The molecule has 0 saturated carbocycles. The molecule has 2 aromatic carbocycles. The Morgan fingerprint density at radius 1 is 1.07 bits per heavy atom. The summed E-state index contributed by atoms with van der Waals surface area (Å²) in [5.74, 6) is 0. The van der Waals surface area contributed by atoms with Crippen molar-refractivity contribution < 1.29 is 4.74 Å². The van der Waals surface area contributed by atoms with E-state index in [1.807, 2.05) is 30.5 Å². The van der Waals surface area contributed by atoms with Gasteiger partial charge in [0, 0.05) is 58.8 Å². The van der Waals surface area contributed by atoms with Gasteiger partial charge in [0.05, 0.1) is 18.7 Å². The number of hydrogen-bond donors (Lipinski definition) is 2. The van der Waals surface area contributed by atoms with E-state index >= 15 is 0 Å². The maximum absolute atomic E-state index is 6.13. The first-order chi connectivity index (χ1) is 14.4. The van der Waals surface area contributed by atoms with Gasteiger partial charge in [0.15, 0.2) is 0 Å². The second-order valence-corrected chi connectivity index (χ2v) is 9.13. The van der Waals surface area contributed by atoms with E-state index in [0.29, 0.717) is 5.02 Å². The summed E-state index contributed by atoms with van der Waals surface area (Å²) in [6.45, 7) is 10.8.